The molecule has 3 N–H and O–H groups in total. The molecule has 1 amide bonds. The minimum atomic E-state index is -0.493. The van der Waals surface area contributed by atoms with Crippen LogP contribution in [-0.2, 0) is 17.9 Å². The predicted molar refractivity (Wildman–Crippen MR) is 102 cm³/mol. The lowest BCUT2D eigenvalue weighted by atomic mass is 9.98. The molecule has 4 nitrogen and oxygen atoms in total. The van der Waals surface area contributed by atoms with Gasteiger partial charge in [0, 0.05) is 13.1 Å². The third kappa shape index (κ3) is 5.64. The van der Waals surface area contributed by atoms with E-state index in [4.69, 9.17) is 5.73 Å². The van der Waals surface area contributed by atoms with Gasteiger partial charge in [0.1, 0.15) is 0 Å². The van der Waals surface area contributed by atoms with E-state index in [1.165, 1.54) is 5.56 Å². The van der Waals surface area contributed by atoms with Gasteiger partial charge in [0.05, 0.1) is 6.04 Å². The average Bonchev–Trinajstić information content (AvgIpc) is 2.53. The van der Waals surface area contributed by atoms with Crippen LogP contribution in [0, 0.1) is 0 Å². The van der Waals surface area contributed by atoms with Crippen molar-refractivity contribution in [1.82, 2.24) is 10.2 Å². The van der Waals surface area contributed by atoms with Crippen LogP contribution >= 0.6 is 12.4 Å². The second-order valence-corrected chi connectivity index (χ2v) is 6.10. The fourth-order valence-electron chi connectivity index (χ4n) is 2.45. The van der Waals surface area contributed by atoms with Crippen molar-refractivity contribution in [3.8, 4) is 11.1 Å². The van der Waals surface area contributed by atoms with Crippen LogP contribution in [0.3, 0.4) is 0 Å². The monoisotopic (exact) mass is 347 g/mol. The fourth-order valence-corrected chi connectivity index (χ4v) is 2.45. The molecule has 0 aromatic heterocycles. The molecular weight excluding hydrogens is 322 g/mol. The van der Waals surface area contributed by atoms with Gasteiger partial charge >= 0.3 is 0 Å². The Labute approximate surface area is 150 Å². The van der Waals surface area contributed by atoms with Crippen molar-refractivity contribution in [3.05, 3.63) is 59.7 Å². The lowest BCUT2D eigenvalue weighted by Crippen LogP contribution is -2.37. The first-order valence-electron chi connectivity index (χ1n) is 7.82. The number of nitrogens with zero attached hydrogens (tertiary/aromatic N) is 1. The van der Waals surface area contributed by atoms with Crippen LogP contribution in [0.4, 0.5) is 0 Å². The summed E-state index contributed by atoms with van der Waals surface area (Å²) >= 11 is 0. The predicted octanol–water partition coefficient (Wildman–Crippen LogP) is 2.80. The Hall–Kier alpha value is -1.88. The number of nitrogens with one attached hydrogen (secondary N) is 1. The van der Waals surface area contributed by atoms with E-state index in [1.807, 2.05) is 18.2 Å². The van der Waals surface area contributed by atoms with Gasteiger partial charge in [-0.15, -0.1) is 12.4 Å². The van der Waals surface area contributed by atoms with E-state index in [0.29, 0.717) is 6.54 Å². The van der Waals surface area contributed by atoms with Crippen LogP contribution in [0.1, 0.15) is 18.1 Å². The number of carbonyl (C=O) groups is 1. The number of hydrogen-bond acceptors (Lipinski definition) is 3. The Morgan fingerprint density at radius 2 is 1.75 bits per heavy atom. The lowest BCUT2D eigenvalue weighted by molar-refractivity contribution is -0.122. The molecule has 1 unspecified atom stereocenters. The molecule has 5 heteroatoms. The molecule has 0 radical (unpaired) electrons. The van der Waals surface area contributed by atoms with Crippen molar-refractivity contribution in [1.29, 1.82) is 0 Å². The van der Waals surface area contributed by atoms with Gasteiger partial charge < -0.3 is 16.0 Å². The van der Waals surface area contributed by atoms with Crippen molar-refractivity contribution in [2.75, 3.05) is 14.1 Å². The summed E-state index contributed by atoms with van der Waals surface area (Å²) in [6.07, 6.45) is 0. The first-order chi connectivity index (χ1) is 11.0. The summed E-state index contributed by atoms with van der Waals surface area (Å²) in [4.78, 5) is 13.8. The first kappa shape index (κ1) is 20.2. The highest BCUT2D eigenvalue weighted by atomic mass is 35.5. The summed E-state index contributed by atoms with van der Waals surface area (Å²) in [5.74, 6) is -0.138. The van der Waals surface area contributed by atoms with E-state index < -0.39 is 6.04 Å². The SMILES string of the molecule is CC(N)C(=O)NCc1ccccc1-c1ccc(CN(C)C)cc1.Cl. The lowest BCUT2D eigenvalue weighted by Gasteiger charge is -2.13. The van der Waals surface area contributed by atoms with E-state index in [-0.39, 0.29) is 18.3 Å². The topological polar surface area (TPSA) is 58.4 Å². The van der Waals surface area contributed by atoms with Crippen molar-refractivity contribution in [3.63, 3.8) is 0 Å². The average molecular weight is 348 g/mol. The van der Waals surface area contributed by atoms with E-state index in [0.717, 1.165) is 23.2 Å². The maximum Gasteiger partial charge on any atom is 0.236 e. The molecule has 24 heavy (non-hydrogen) atoms. The van der Waals surface area contributed by atoms with Gasteiger partial charge in [0.15, 0.2) is 0 Å². The zero-order chi connectivity index (χ0) is 16.8. The normalized spacial score (nSPS) is 11.7. The molecule has 0 bridgehead atoms. The molecule has 1 atom stereocenters. The molecule has 2 rings (SSSR count). The number of hydrogen-bond donors (Lipinski definition) is 2. The molecule has 2 aromatic rings. The highest BCUT2D eigenvalue weighted by molar-refractivity contribution is 5.85. The largest absolute Gasteiger partial charge is 0.351 e. The fraction of sp³-hybridized carbons (Fsp3) is 0.316. The summed E-state index contributed by atoms with van der Waals surface area (Å²) in [5, 5.41) is 2.88. The number of nitrogens with two attached hydrogens (primary N) is 1. The second kappa shape index (κ2) is 9.42. The van der Waals surface area contributed by atoms with E-state index in [9.17, 15) is 4.79 Å². The molecule has 0 saturated heterocycles. The number of halogens is 1. The van der Waals surface area contributed by atoms with Crippen LogP contribution in [0.5, 0.6) is 0 Å². The molecular formula is C19H26ClN3O. The minimum Gasteiger partial charge on any atom is -0.351 e. The molecule has 0 fully saturated rings. The van der Waals surface area contributed by atoms with Crippen molar-refractivity contribution in [2.24, 2.45) is 5.73 Å². The zero-order valence-corrected chi connectivity index (χ0v) is 15.3. The summed E-state index contributed by atoms with van der Waals surface area (Å²) in [5.41, 5.74) is 10.2. The van der Waals surface area contributed by atoms with Crippen molar-refractivity contribution in [2.45, 2.75) is 26.1 Å². The summed E-state index contributed by atoms with van der Waals surface area (Å²) in [6, 6.07) is 16.2. The maximum atomic E-state index is 11.7. The van der Waals surface area contributed by atoms with Crippen molar-refractivity contribution >= 4 is 18.3 Å². The van der Waals surface area contributed by atoms with Gasteiger partial charge in [0.2, 0.25) is 5.91 Å². The van der Waals surface area contributed by atoms with Crippen LogP contribution in [-0.4, -0.2) is 30.9 Å². The van der Waals surface area contributed by atoms with E-state index >= 15 is 0 Å². The summed E-state index contributed by atoms with van der Waals surface area (Å²) in [7, 11) is 4.12. The third-order valence-electron chi connectivity index (χ3n) is 3.65. The van der Waals surface area contributed by atoms with Crippen LogP contribution in [0.25, 0.3) is 11.1 Å². The Kier molecular flexibility index (Phi) is 7.92. The standard InChI is InChI=1S/C19H25N3O.ClH/c1-14(20)19(23)21-12-17-6-4-5-7-18(17)16-10-8-15(9-11-16)13-22(2)3;/h4-11,14H,12-13,20H2,1-3H3,(H,21,23);1H. The van der Waals surface area contributed by atoms with Crippen molar-refractivity contribution < 1.29 is 4.79 Å². The van der Waals surface area contributed by atoms with Gasteiger partial charge in [-0.05, 0) is 43.3 Å². The third-order valence-corrected chi connectivity index (χ3v) is 3.65. The molecule has 0 spiro atoms. The quantitative estimate of drug-likeness (QED) is 0.844. The Balaban J connectivity index is 0.00000288. The summed E-state index contributed by atoms with van der Waals surface area (Å²) in [6.45, 7) is 3.09. The maximum absolute atomic E-state index is 11.7. The Morgan fingerprint density at radius 1 is 1.12 bits per heavy atom. The molecule has 130 valence electrons. The van der Waals surface area contributed by atoms with Crippen LogP contribution < -0.4 is 11.1 Å². The van der Waals surface area contributed by atoms with Gasteiger partial charge in [-0.3, -0.25) is 4.79 Å². The van der Waals surface area contributed by atoms with Crippen LogP contribution in [0.2, 0.25) is 0 Å². The highest BCUT2D eigenvalue weighted by Crippen LogP contribution is 2.24. The highest BCUT2D eigenvalue weighted by Gasteiger charge is 2.09. The van der Waals surface area contributed by atoms with Gasteiger partial charge in [0.25, 0.3) is 0 Å². The molecule has 0 aliphatic heterocycles. The Morgan fingerprint density at radius 3 is 2.33 bits per heavy atom. The van der Waals surface area contributed by atoms with Gasteiger partial charge in [-0.2, -0.15) is 0 Å². The van der Waals surface area contributed by atoms with Gasteiger partial charge in [-0.1, -0.05) is 48.5 Å². The Bertz CT molecular complexity index is 654. The molecule has 0 aliphatic carbocycles. The zero-order valence-electron chi connectivity index (χ0n) is 14.5. The first-order valence-corrected chi connectivity index (χ1v) is 7.82. The number of carbonyl (C=O) groups excluding carboxylic acids is 1. The second-order valence-electron chi connectivity index (χ2n) is 6.10. The molecule has 0 heterocycles. The number of benzene rings is 2. The number of rotatable bonds is 6. The summed E-state index contributed by atoms with van der Waals surface area (Å²) < 4.78 is 0. The number of amides is 1. The minimum absolute atomic E-state index is 0. The van der Waals surface area contributed by atoms with Gasteiger partial charge in [-0.25, -0.2) is 0 Å². The molecule has 2 aromatic carbocycles. The van der Waals surface area contributed by atoms with E-state index in [2.05, 4.69) is 54.6 Å². The molecule has 0 aliphatic rings. The molecule has 0 saturated carbocycles. The van der Waals surface area contributed by atoms with E-state index in [1.54, 1.807) is 6.92 Å². The smallest absolute Gasteiger partial charge is 0.236 e. The van der Waals surface area contributed by atoms with Crippen LogP contribution in [0.15, 0.2) is 48.5 Å².